The number of rotatable bonds is 7. The van der Waals surface area contributed by atoms with Crippen molar-refractivity contribution in [2.45, 2.75) is 25.0 Å². The van der Waals surface area contributed by atoms with Crippen LogP contribution in [0.3, 0.4) is 0 Å². The van der Waals surface area contributed by atoms with Crippen LogP contribution in [-0.2, 0) is 11.2 Å². The molecule has 0 saturated carbocycles. The van der Waals surface area contributed by atoms with Crippen LogP contribution in [0, 0.1) is 11.3 Å². The molecule has 2 fully saturated rings. The maximum absolute atomic E-state index is 12.6. The van der Waals surface area contributed by atoms with Gasteiger partial charge in [-0.1, -0.05) is 12.1 Å². The number of urea groups is 1. The van der Waals surface area contributed by atoms with Gasteiger partial charge in [-0.2, -0.15) is 5.26 Å². The van der Waals surface area contributed by atoms with Crippen LogP contribution < -0.4 is 5.32 Å². The van der Waals surface area contributed by atoms with Gasteiger partial charge in [0.25, 0.3) is 0 Å². The second kappa shape index (κ2) is 9.87. The quantitative estimate of drug-likeness (QED) is 0.762. The van der Waals surface area contributed by atoms with Gasteiger partial charge in [0, 0.05) is 59.9 Å². The highest BCUT2D eigenvalue weighted by Crippen LogP contribution is 2.14. The fourth-order valence-corrected chi connectivity index (χ4v) is 3.89. The monoisotopic (exact) mass is 385 g/mol. The molecular weight excluding hydrogens is 354 g/mol. The highest BCUT2D eigenvalue weighted by molar-refractivity contribution is 5.73. The van der Waals surface area contributed by atoms with Gasteiger partial charge in [0.2, 0.25) is 0 Å². The smallest absolute Gasteiger partial charge is 0.319 e. The first-order valence-corrected chi connectivity index (χ1v) is 10.1. The molecule has 3 rings (SSSR count). The number of nitrogens with one attached hydrogen (secondary N) is 1. The number of benzene rings is 1. The maximum Gasteiger partial charge on any atom is 0.319 e. The van der Waals surface area contributed by atoms with E-state index in [0.717, 1.165) is 58.7 Å². The number of hydrogen-bond acceptors (Lipinski definition) is 5. The summed E-state index contributed by atoms with van der Waals surface area (Å²) in [5, 5.41) is 12.3. The third-order valence-corrected chi connectivity index (χ3v) is 5.37. The number of carbonyl (C=O) groups excluding carboxylic acids is 1. The summed E-state index contributed by atoms with van der Waals surface area (Å²) in [6, 6.07) is 9.90. The highest BCUT2D eigenvalue weighted by atomic mass is 16.5. The molecule has 0 radical (unpaired) electrons. The van der Waals surface area contributed by atoms with Crippen molar-refractivity contribution in [3.8, 4) is 6.07 Å². The molecule has 2 saturated heterocycles. The summed E-state index contributed by atoms with van der Waals surface area (Å²) in [6.07, 6.45) is 2.34. The van der Waals surface area contributed by atoms with Crippen LogP contribution in [0.15, 0.2) is 24.3 Å². The van der Waals surface area contributed by atoms with Gasteiger partial charge < -0.3 is 19.9 Å². The van der Waals surface area contributed by atoms with Crippen LogP contribution in [0.25, 0.3) is 0 Å². The number of nitrogens with zero attached hydrogens (tertiary/aromatic N) is 4. The van der Waals surface area contributed by atoms with Gasteiger partial charge in [0.1, 0.15) is 0 Å². The minimum atomic E-state index is 0.0648. The normalized spacial score (nSPS) is 21.8. The van der Waals surface area contributed by atoms with Crippen LogP contribution in [0.5, 0.6) is 0 Å². The molecule has 28 heavy (non-hydrogen) atoms. The number of nitriles is 1. The topological polar surface area (TPSA) is 71.8 Å². The Morgan fingerprint density at radius 2 is 1.89 bits per heavy atom. The van der Waals surface area contributed by atoms with E-state index in [1.807, 2.05) is 29.2 Å². The average Bonchev–Trinajstić information content (AvgIpc) is 2.70. The summed E-state index contributed by atoms with van der Waals surface area (Å²) in [7, 11) is 3.61. The molecule has 0 spiro atoms. The number of amides is 2. The molecule has 7 heteroatoms. The molecule has 152 valence electrons. The van der Waals surface area contributed by atoms with E-state index in [4.69, 9.17) is 10.00 Å². The Bertz CT molecular complexity index is 673. The van der Waals surface area contributed by atoms with Gasteiger partial charge in [0.15, 0.2) is 0 Å². The van der Waals surface area contributed by atoms with Crippen LogP contribution in [0.4, 0.5) is 4.79 Å². The lowest BCUT2D eigenvalue weighted by Gasteiger charge is -2.42. The number of aryl methyl sites for hydroxylation is 1. The van der Waals surface area contributed by atoms with Gasteiger partial charge in [-0.15, -0.1) is 0 Å². The van der Waals surface area contributed by atoms with Crippen molar-refractivity contribution in [2.75, 3.05) is 59.9 Å². The van der Waals surface area contributed by atoms with Crippen molar-refractivity contribution in [1.29, 1.82) is 5.26 Å². The van der Waals surface area contributed by atoms with E-state index < -0.39 is 0 Å². The molecule has 0 aromatic heterocycles. The molecule has 2 bridgehead atoms. The van der Waals surface area contributed by atoms with Crippen LogP contribution in [0.2, 0.25) is 0 Å². The van der Waals surface area contributed by atoms with Gasteiger partial charge in [-0.25, -0.2) is 4.79 Å². The molecule has 2 amide bonds. The first-order chi connectivity index (χ1) is 13.5. The molecular formula is C21H31N5O2. The molecule has 2 unspecified atom stereocenters. The Morgan fingerprint density at radius 1 is 1.21 bits per heavy atom. The summed E-state index contributed by atoms with van der Waals surface area (Å²) in [6.45, 7) is 6.03. The summed E-state index contributed by atoms with van der Waals surface area (Å²) in [5.74, 6) is 0. The average molecular weight is 386 g/mol. The minimum absolute atomic E-state index is 0.0648. The number of ether oxygens (including phenoxy) is 1. The van der Waals surface area contributed by atoms with Gasteiger partial charge in [-0.3, -0.25) is 4.90 Å². The van der Waals surface area contributed by atoms with Crippen LogP contribution >= 0.6 is 0 Å². The zero-order chi connectivity index (χ0) is 19.9. The van der Waals surface area contributed by atoms with E-state index in [2.05, 4.69) is 16.3 Å². The molecule has 0 aliphatic carbocycles. The second-order valence-electron chi connectivity index (χ2n) is 7.87. The third kappa shape index (κ3) is 5.68. The summed E-state index contributed by atoms with van der Waals surface area (Å²) >= 11 is 0. The predicted octanol–water partition coefficient (Wildman–Crippen LogP) is 1.15. The van der Waals surface area contributed by atoms with Crippen molar-refractivity contribution in [3.05, 3.63) is 35.4 Å². The lowest BCUT2D eigenvalue weighted by atomic mass is 10.1. The maximum atomic E-state index is 12.6. The van der Waals surface area contributed by atoms with Crippen molar-refractivity contribution in [3.63, 3.8) is 0 Å². The van der Waals surface area contributed by atoms with Crippen molar-refractivity contribution >= 4 is 6.03 Å². The fraction of sp³-hybridized carbons (Fsp3) is 0.619. The largest absolute Gasteiger partial charge is 0.370 e. The number of morpholine rings is 2. The predicted molar refractivity (Wildman–Crippen MR) is 108 cm³/mol. The van der Waals surface area contributed by atoms with Crippen LogP contribution in [-0.4, -0.2) is 92.8 Å². The lowest BCUT2D eigenvalue weighted by molar-refractivity contribution is -0.103. The molecule has 2 aliphatic rings. The van der Waals surface area contributed by atoms with E-state index >= 15 is 0 Å². The zero-order valence-corrected chi connectivity index (χ0v) is 16.9. The van der Waals surface area contributed by atoms with Gasteiger partial charge in [0.05, 0.1) is 23.8 Å². The summed E-state index contributed by atoms with van der Waals surface area (Å²) < 4.78 is 5.96. The Labute approximate surface area is 167 Å². The third-order valence-electron chi connectivity index (χ3n) is 5.37. The van der Waals surface area contributed by atoms with Crippen molar-refractivity contribution < 1.29 is 9.53 Å². The summed E-state index contributed by atoms with van der Waals surface area (Å²) in [5.41, 5.74) is 1.88. The van der Waals surface area contributed by atoms with E-state index in [9.17, 15) is 4.79 Å². The zero-order valence-electron chi connectivity index (χ0n) is 16.9. The Kier molecular flexibility index (Phi) is 7.26. The Morgan fingerprint density at radius 3 is 2.50 bits per heavy atom. The van der Waals surface area contributed by atoms with Gasteiger partial charge in [-0.05, 0) is 30.5 Å². The lowest BCUT2D eigenvalue weighted by Crippen LogP contribution is -2.59. The van der Waals surface area contributed by atoms with E-state index in [1.54, 1.807) is 19.0 Å². The minimum Gasteiger partial charge on any atom is -0.370 e. The number of hydrogen-bond donors (Lipinski definition) is 1. The molecule has 7 nitrogen and oxygen atoms in total. The standard InChI is InChI=1S/C21H31N5O2/c1-24(2)21(27)26(9-3-4-17-5-7-18(12-22)8-6-17)11-10-25-15-19-13-23-14-20(16-25)28-19/h5-8,19-20,23H,3-4,9-11,13-16H2,1-2H3. The molecule has 2 heterocycles. The Hall–Kier alpha value is -2.14. The SMILES string of the molecule is CN(C)C(=O)N(CCCc1ccc(C#N)cc1)CCN1CC2CNCC(C1)O2. The first kappa shape index (κ1) is 20.6. The molecule has 2 aliphatic heterocycles. The number of carbonyl (C=O) groups is 1. The van der Waals surface area contributed by atoms with E-state index in [-0.39, 0.29) is 18.2 Å². The molecule has 2 atom stereocenters. The number of fused-ring (bicyclic) bond motifs is 2. The second-order valence-corrected chi connectivity index (χ2v) is 7.87. The molecule has 1 aromatic carbocycles. The Balaban J connectivity index is 1.49. The fourth-order valence-electron chi connectivity index (χ4n) is 3.89. The van der Waals surface area contributed by atoms with Crippen molar-refractivity contribution in [1.82, 2.24) is 20.0 Å². The molecule has 1 N–H and O–H groups in total. The molecule has 1 aromatic rings. The van der Waals surface area contributed by atoms with Crippen molar-refractivity contribution in [2.24, 2.45) is 0 Å². The first-order valence-electron chi connectivity index (χ1n) is 10.1. The van der Waals surface area contributed by atoms with E-state index in [1.165, 1.54) is 5.56 Å². The van der Waals surface area contributed by atoms with E-state index in [0.29, 0.717) is 5.56 Å². The van der Waals surface area contributed by atoms with Crippen LogP contribution in [0.1, 0.15) is 17.5 Å². The highest BCUT2D eigenvalue weighted by Gasteiger charge is 2.31. The summed E-state index contributed by atoms with van der Waals surface area (Å²) in [4.78, 5) is 18.6. The van der Waals surface area contributed by atoms with Gasteiger partial charge >= 0.3 is 6.03 Å².